The normalized spacial score (nSPS) is 15.5. The van der Waals surface area contributed by atoms with Gasteiger partial charge in [0, 0.05) is 4.88 Å². The number of aliphatic hydroxyl groups is 1. The molecule has 1 heterocycles. The van der Waals surface area contributed by atoms with Crippen LogP contribution < -0.4 is 4.72 Å². The minimum absolute atomic E-state index is 0.0295. The second-order valence-corrected chi connectivity index (χ2v) is 6.77. The van der Waals surface area contributed by atoms with E-state index in [1.165, 1.54) is 13.0 Å². The maximum Gasteiger partial charge on any atom is 0.324 e. The molecule has 0 saturated carbocycles. The van der Waals surface area contributed by atoms with E-state index in [1.54, 1.807) is 13.0 Å². The van der Waals surface area contributed by atoms with Gasteiger partial charge in [-0.15, -0.1) is 11.3 Å². The van der Waals surface area contributed by atoms with E-state index < -0.39 is 28.1 Å². The van der Waals surface area contributed by atoms with E-state index in [0.717, 1.165) is 16.2 Å². The second kappa shape index (κ2) is 5.13. The zero-order chi connectivity index (χ0) is 13.2. The van der Waals surface area contributed by atoms with Crippen LogP contribution in [-0.4, -0.2) is 36.7 Å². The van der Waals surface area contributed by atoms with Gasteiger partial charge in [-0.25, -0.2) is 8.42 Å². The van der Waals surface area contributed by atoms with Gasteiger partial charge in [0.25, 0.3) is 10.0 Å². The number of sulfonamides is 1. The van der Waals surface area contributed by atoms with E-state index in [0.29, 0.717) is 0 Å². The van der Waals surface area contributed by atoms with Gasteiger partial charge < -0.3 is 10.2 Å². The van der Waals surface area contributed by atoms with Crippen molar-refractivity contribution in [2.45, 2.75) is 30.2 Å². The number of aliphatic carboxylic acids is 1. The molecule has 0 spiro atoms. The Hall–Kier alpha value is -0.960. The summed E-state index contributed by atoms with van der Waals surface area (Å²) in [5, 5.41) is 18.0. The minimum atomic E-state index is -3.90. The first-order valence-electron chi connectivity index (χ1n) is 4.73. The van der Waals surface area contributed by atoms with Crippen LogP contribution in [0.3, 0.4) is 0 Å². The molecule has 2 unspecified atom stereocenters. The smallest absolute Gasteiger partial charge is 0.324 e. The highest BCUT2D eigenvalue weighted by molar-refractivity contribution is 7.91. The molecule has 0 aliphatic heterocycles. The van der Waals surface area contributed by atoms with Crippen LogP contribution in [0.2, 0.25) is 0 Å². The van der Waals surface area contributed by atoms with Crippen LogP contribution in [0, 0.1) is 6.92 Å². The lowest BCUT2D eigenvalue weighted by Gasteiger charge is -2.16. The highest BCUT2D eigenvalue weighted by atomic mass is 32.2. The molecule has 0 aliphatic rings. The number of carboxylic acids is 1. The molecular formula is C9H13NO5S2. The lowest BCUT2D eigenvalue weighted by molar-refractivity contribution is -0.141. The number of thiophene rings is 1. The van der Waals surface area contributed by atoms with Gasteiger partial charge in [-0.1, -0.05) is 0 Å². The summed E-state index contributed by atoms with van der Waals surface area (Å²) < 4.78 is 25.6. The van der Waals surface area contributed by atoms with Crippen molar-refractivity contribution >= 4 is 27.3 Å². The fourth-order valence-corrected chi connectivity index (χ4v) is 3.70. The summed E-state index contributed by atoms with van der Waals surface area (Å²) in [7, 11) is -3.90. The zero-order valence-corrected chi connectivity index (χ0v) is 10.9. The van der Waals surface area contributed by atoms with Gasteiger partial charge in [-0.05, 0) is 26.0 Å². The van der Waals surface area contributed by atoms with Crippen LogP contribution in [0.5, 0.6) is 0 Å². The molecule has 0 aromatic carbocycles. The Balaban J connectivity index is 2.97. The summed E-state index contributed by atoms with van der Waals surface area (Å²) in [5.74, 6) is -1.42. The summed E-state index contributed by atoms with van der Waals surface area (Å²) in [6.45, 7) is 2.95. The monoisotopic (exact) mass is 279 g/mol. The van der Waals surface area contributed by atoms with Gasteiger partial charge in [0.1, 0.15) is 10.3 Å². The Labute approximate surface area is 103 Å². The largest absolute Gasteiger partial charge is 0.480 e. The molecule has 0 aliphatic carbocycles. The molecule has 3 N–H and O–H groups in total. The predicted molar refractivity (Wildman–Crippen MR) is 62.5 cm³/mol. The number of hydrogen-bond acceptors (Lipinski definition) is 5. The maximum atomic E-state index is 11.8. The minimum Gasteiger partial charge on any atom is -0.480 e. The summed E-state index contributed by atoms with van der Waals surface area (Å²) in [6, 6.07) is 1.46. The summed E-state index contributed by atoms with van der Waals surface area (Å²) in [6.07, 6.45) is -1.32. The Morgan fingerprint density at radius 3 is 2.41 bits per heavy atom. The quantitative estimate of drug-likeness (QED) is 0.712. The molecule has 0 fully saturated rings. The molecule has 0 bridgehead atoms. The van der Waals surface area contributed by atoms with Gasteiger partial charge in [-0.3, -0.25) is 4.79 Å². The average Bonchev–Trinajstić information content (AvgIpc) is 2.61. The molecule has 0 radical (unpaired) electrons. The molecule has 8 heteroatoms. The fourth-order valence-electron chi connectivity index (χ4n) is 1.14. The lowest BCUT2D eigenvalue weighted by atomic mass is 10.2. The number of aliphatic hydroxyl groups excluding tert-OH is 1. The number of aryl methyl sites for hydroxylation is 1. The molecule has 2 atom stereocenters. The molecule has 1 aromatic rings. The van der Waals surface area contributed by atoms with Crippen molar-refractivity contribution in [2.24, 2.45) is 0 Å². The van der Waals surface area contributed by atoms with Crippen LogP contribution in [0.4, 0.5) is 0 Å². The molecule has 0 saturated heterocycles. The summed E-state index contributed by atoms with van der Waals surface area (Å²) in [4.78, 5) is 11.6. The molecule has 1 aromatic heterocycles. The predicted octanol–water partition coefficient (Wildman–Crippen LogP) is 0.169. The van der Waals surface area contributed by atoms with Crippen LogP contribution >= 0.6 is 11.3 Å². The maximum absolute atomic E-state index is 11.8. The van der Waals surface area contributed by atoms with Crippen molar-refractivity contribution in [1.82, 2.24) is 4.72 Å². The molecule has 96 valence electrons. The third kappa shape index (κ3) is 3.50. The first-order valence-corrected chi connectivity index (χ1v) is 7.03. The Bertz CT molecular complexity index is 505. The Kier molecular flexibility index (Phi) is 4.26. The van der Waals surface area contributed by atoms with Crippen molar-refractivity contribution in [3.8, 4) is 0 Å². The third-order valence-corrected chi connectivity index (χ3v) is 4.94. The Morgan fingerprint density at radius 1 is 1.47 bits per heavy atom. The van der Waals surface area contributed by atoms with Crippen molar-refractivity contribution < 1.29 is 23.4 Å². The van der Waals surface area contributed by atoms with E-state index in [1.807, 2.05) is 4.72 Å². The van der Waals surface area contributed by atoms with E-state index in [4.69, 9.17) is 5.11 Å². The zero-order valence-electron chi connectivity index (χ0n) is 9.25. The number of hydrogen-bond donors (Lipinski definition) is 3. The van der Waals surface area contributed by atoms with Crippen LogP contribution in [0.15, 0.2) is 16.3 Å². The van der Waals surface area contributed by atoms with Gasteiger partial charge in [0.2, 0.25) is 0 Å². The summed E-state index contributed by atoms with van der Waals surface area (Å²) >= 11 is 1.04. The van der Waals surface area contributed by atoms with Gasteiger partial charge >= 0.3 is 5.97 Å². The SMILES string of the molecule is Cc1ccc(S(=O)(=O)NC(C(=O)O)C(C)O)s1. The first kappa shape index (κ1) is 14.1. The number of nitrogens with one attached hydrogen (secondary N) is 1. The number of carbonyl (C=O) groups is 1. The topological polar surface area (TPSA) is 104 Å². The van der Waals surface area contributed by atoms with Crippen LogP contribution in [0.1, 0.15) is 11.8 Å². The van der Waals surface area contributed by atoms with Gasteiger partial charge in [-0.2, -0.15) is 4.72 Å². The number of carboxylic acid groups (broad SMARTS) is 1. The van der Waals surface area contributed by atoms with Crippen molar-refractivity contribution in [2.75, 3.05) is 0 Å². The third-order valence-electron chi connectivity index (χ3n) is 2.01. The van der Waals surface area contributed by atoms with Gasteiger partial charge in [0.15, 0.2) is 0 Å². The van der Waals surface area contributed by atoms with Crippen molar-refractivity contribution in [1.29, 1.82) is 0 Å². The van der Waals surface area contributed by atoms with E-state index in [-0.39, 0.29) is 4.21 Å². The van der Waals surface area contributed by atoms with E-state index >= 15 is 0 Å². The molecule has 17 heavy (non-hydrogen) atoms. The number of rotatable bonds is 5. The van der Waals surface area contributed by atoms with Crippen molar-refractivity contribution in [3.05, 3.63) is 17.0 Å². The summed E-state index contributed by atoms with van der Waals surface area (Å²) in [5.41, 5.74) is 0. The van der Waals surface area contributed by atoms with E-state index in [9.17, 15) is 18.3 Å². The molecular weight excluding hydrogens is 266 g/mol. The van der Waals surface area contributed by atoms with Gasteiger partial charge in [0.05, 0.1) is 6.10 Å². The second-order valence-electron chi connectivity index (χ2n) is 3.54. The molecule has 0 amide bonds. The van der Waals surface area contributed by atoms with Crippen LogP contribution in [-0.2, 0) is 14.8 Å². The Morgan fingerprint density at radius 2 is 2.06 bits per heavy atom. The highest BCUT2D eigenvalue weighted by Gasteiger charge is 2.29. The highest BCUT2D eigenvalue weighted by Crippen LogP contribution is 2.20. The molecule has 6 nitrogen and oxygen atoms in total. The van der Waals surface area contributed by atoms with E-state index in [2.05, 4.69) is 0 Å². The lowest BCUT2D eigenvalue weighted by Crippen LogP contribution is -2.47. The first-order chi connectivity index (χ1) is 7.74. The standard InChI is InChI=1S/C9H13NO5S2/c1-5-3-4-7(16-5)17(14,15)10-8(6(2)11)9(12)13/h3-4,6,8,10-11H,1-2H3,(H,12,13). The fraction of sp³-hybridized carbons (Fsp3) is 0.444. The van der Waals surface area contributed by atoms with Crippen molar-refractivity contribution in [3.63, 3.8) is 0 Å². The molecule has 1 rings (SSSR count). The average molecular weight is 279 g/mol. The van der Waals surface area contributed by atoms with Crippen LogP contribution in [0.25, 0.3) is 0 Å².